The number of rotatable bonds is 3. The van der Waals surface area contributed by atoms with E-state index in [4.69, 9.17) is 15.9 Å². The van der Waals surface area contributed by atoms with Gasteiger partial charge in [0.1, 0.15) is 5.82 Å². The van der Waals surface area contributed by atoms with Crippen molar-refractivity contribution in [2.24, 2.45) is 0 Å². The first kappa shape index (κ1) is 10.5. The zero-order valence-electron chi connectivity index (χ0n) is 7.77. The van der Waals surface area contributed by atoms with Crippen LogP contribution in [0, 0.1) is 6.92 Å². The van der Waals surface area contributed by atoms with Crippen molar-refractivity contribution in [2.45, 2.75) is 19.4 Å². The molecule has 76 valence electrons. The molecule has 1 rings (SSSR count). The third-order valence-corrected chi connectivity index (χ3v) is 1.89. The summed E-state index contributed by atoms with van der Waals surface area (Å²) < 4.78 is 0. The predicted octanol–water partition coefficient (Wildman–Crippen LogP) is -0.0398. The van der Waals surface area contributed by atoms with E-state index in [1.165, 1.54) is 6.20 Å². The number of aromatic nitrogens is 1. The molecule has 0 radical (unpaired) electrons. The molecular formula is C9H12N2O3. The maximum atomic E-state index is 10.4. The average Bonchev–Trinajstić information content (AvgIpc) is 2.11. The number of nitrogens with zero attached hydrogens (tertiary/aromatic N) is 1. The number of carboxylic acid groups (broad SMARTS) is 1. The summed E-state index contributed by atoms with van der Waals surface area (Å²) >= 11 is 0. The number of anilines is 1. The highest BCUT2D eigenvalue weighted by atomic mass is 16.4. The van der Waals surface area contributed by atoms with E-state index in [9.17, 15) is 4.79 Å². The molecule has 1 aromatic heterocycles. The van der Waals surface area contributed by atoms with E-state index < -0.39 is 12.1 Å². The van der Waals surface area contributed by atoms with Crippen LogP contribution in [0.4, 0.5) is 5.82 Å². The molecule has 1 aromatic rings. The Labute approximate surface area is 81.2 Å². The molecule has 0 aliphatic heterocycles. The minimum Gasteiger partial charge on any atom is -0.479 e. The molecule has 5 heteroatoms. The van der Waals surface area contributed by atoms with Crippen molar-refractivity contribution in [1.82, 2.24) is 4.98 Å². The van der Waals surface area contributed by atoms with Crippen molar-refractivity contribution in [2.75, 3.05) is 5.73 Å². The first-order valence-corrected chi connectivity index (χ1v) is 4.12. The van der Waals surface area contributed by atoms with Crippen molar-refractivity contribution >= 4 is 11.8 Å². The highest BCUT2D eigenvalue weighted by Crippen LogP contribution is 2.10. The van der Waals surface area contributed by atoms with Crippen molar-refractivity contribution < 1.29 is 15.0 Å². The molecule has 14 heavy (non-hydrogen) atoms. The van der Waals surface area contributed by atoms with Gasteiger partial charge >= 0.3 is 5.97 Å². The van der Waals surface area contributed by atoms with Gasteiger partial charge in [-0.2, -0.15) is 0 Å². The van der Waals surface area contributed by atoms with Gasteiger partial charge in [-0.15, -0.1) is 0 Å². The molecule has 0 aliphatic rings. The van der Waals surface area contributed by atoms with Gasteiger partial charge in [0.05, 0.1) is 0 Å². The standard InChI is InChI=1S/C9H12N2O3/c1-5-2-6(4-11-8(5)10)3-7(12)9(13)14/h2,4,7,12H,3H2,1H3,(H2,10,11)(H,13,14). The van der Waals surface area contributed by atoms with Crippen molar-refractivity contribution in [3.8, 4) is 0 Å². The molecule has 1 heterocycles. The van der Waals surface area contributed by atoms with Crippen molar-refractivity contribution in [3.05, 3.63) is 23.4 Å². The maximum absolute atomic E-state index is 10.4. The summed E-state index contributed by atoms with van der Waals surface area (Å²) in [5.41, 5.74) is 6.93. The smallest absolute Gasteiger partial charge is 0.332 e. The number of hydrogen-bond donors (Lipinski definition) is 3. The summed E-state index contributed by atoms with van der Waals surface area (Å²) in [4.78, 5) is 14.2. The van der Waals surface area contributed by atoms with Gasteiger partial charge in [-0.05, 0) is 18.1 Å². The van der Waals surface area contributed by atoms with E-state index >= 15 is 0 Å². The molecule has 0 spiro atoms. The quantitative estimate of drug-likeness (QED) is 0.630. The van der Waals surface area contributed by atoms with Crippen LogP contribution in [0.15, 0.2) is 12.3 Å². The highest BCUT2D eigenvalue weighted by Gasteiger charge is 2.14. The minimum atomic E-state index is -1.39. The fourth-order valence-corrected chi connectivity index (χ4v) is 1.07. The number of aliphatic hydroxyl groups excluding tert-OH is 1. The molecule has 4 N–H and O–H groups in total. The Hall–Kier alpha value is -1.62. The van der Waals surface area contributed by atoms with Crippen LogP contribution in [0.2, 0.25) is 0 Å². The van der Waals surface area contributed by atoms with Crippen molar-refractivity contribution in [3.63, 3.8) is 0 Å². The Balaban J connectivity index is 2.78. The van der Waals surface area contributed by atoms with Crippen LogP contribution in [0.1, 0.15) is 11.1 Å². The van der Waals surface area contributed by atoms with E-state index in [2.05, 4.69) is 4.98 Å². The number of carbonyl (C=O) groups is 1. The number of aryl methyl sites for hydroxylation is 1. The Morgan fingerprint density at radius 3 is 2.86 bits per heavy atom. The van der Waals surface area contributed by atoms with Gasteiger partial charge in [-0.1, -0.05) is 6.07 Å². The topological polar surface area (TPSA) is 96.4 Å². The van der Waals surface area contributed by atoms with E-state index in [0.29, 0.717) is 11.4 Å². The summed E-state index contributed by atoms with van der Waals surface area (Å²) in [6.45, 7) is 1.78. The molecule has 0 saturated carbocycles. The highest BCUT2D eigenvalue weighted by molar-refractivity contribution is 5.72. The van der Waals surface area contributed by atoms with Crippen LogP contribution in [0.5, 0.6) is 0 Å². The lowest BCUT2D eigenvalue weighted by Gasteiger charge is -2.06. The summed E-state index contributed by atoms with van der Waals surface area (Å²) in [5.74, 6) is -0.821. The summed E-state index contributed by atoms with van der Waals surface area (Å²) in [6.07, 6.45) is 0.123. The number of nitrogen functional groups attached to an aromatic ring is 1. The Morgan fingerprint density at radius 1 is 1.71 bits per heavy atom. The van der Waals surface area contributed by atoms with E-state index in [0.717, 1.165) is 5.56 Å². The molecule has 0 aliphatic carbocycles. The van der Waals surface area contributed by atoms with Gasteiger partial charge in [0.15, 0.2) is 6.10 Å². The number of hydrogen-bond acceptors (Lipinski definition) is 4. The van der Waals surface area contributed by atoms with Gasteiger partial charge in [-0.25, -0.2) is 9.78 Å². The maximum Gasteiger partial charge on any atom is 0.332 e. The monoisotopic (exact) mass is 196 g/mol. The van der Waals surface area contributed by atoms with Gasteiger partial charge in [0.2, 0.25) is 0 Å². The average molecular weight is 196 g/mol. The molecule has 0 aromatic carbocycles. The van der Waals surface area contributed by atoms with E-state index in [1.54, 1.807) is 13.0 Å². The lowest BCUT2D eigenvalue weighted by atomic mass is 10.1. The zero-order chi connectivity index (χ0) is 10.7. The van der Waals surface area contributed by atoms with E-state index in [-0.39, 0.29) is 6.42 Å². The van der Waals surface area contributed by atoms with Crippen LogP contribution in [0.25, 0.3) is 0 Å². The second-order valence-electron chi connectivity index (χ2n) is 3.10. The second-order valence-corrected chi connectivity index (χ2v) is 3.10. The summed E-state index contributed by atoms with van der Waals surface area (Å²) in [5, 5.41) is 17.6. The molecule has 0 bridgehead atoms. The van der Waals surface area contributed by atoms with Crippen LogP contribution in [-0.2, 0) is 11.2 Å². The number of nitrogens with two attached hydrogens (primary N) is 1. The van der Waals surface area contributed by atoms with Crippen LogP contribution >= 0.6 is 0 Å². The Morgan fingerprint density at radius 2 is 2.36 bits per heavy atom. The van der Waals surface area contributed by atoms with Crippen LogP contribution in [0.3, 0.4) is 0 Å². The third-order valence-electron chi connectivity index (χ3n) is 1.89. The minimum absolute atomic E-state index is 0.0451. The molecule has 0 saturated heterocycles. The number of carboxylic acids is 1. The third kappa shape index (κ3) is 2.43. The zero-order valence-corrected chi connectivity index (χ0v) is 7.77. The SMILES string of the molecule is Cc1cc(CC(O)C(=O)O)cnc1N. The van der Waals surface area contributed by atoms with Gasteiger partial charge in [0, 0.05) is 12.6 Å². The number of aliphatic carboxylic acids is 1. The first-order chi connectivity index (χ1) is 6.50. The second kappa shape index (κ2) is 4.06. The lowest BCUT2D eigenvalue weighted by Crippen LogP contribution is -2.22. The first-order valence-electron chi connectivity index (χ1n) is 4.12. The number of aliphatic hydroxyl groups is 1. The summed E-state index contributed by atoms with van der Waals surface area (Å²) in [6, 6.07) is 1.72. The van der Waals surface area contributed by atoms with Crippen molar-refractivity contribution in [1.29, 1.82) is 0 Å². The molecular weight excluding hydrogens is 184 g/mol. The Bertz CT molecular complexity index is 352. The fraction of sp³-hybridized carbons (Fsp3) is 0.333. The molecule has 0 fully saturated rings. The molecule has 5 nitrogen and oxygen atoms in total. The lowest BCUT2D eigenvalue weighted by molar-refractivity contribution is -0.146. The van der Waals surface area contributed by atoms with Crippen LogP contribution in [-0.4, -0.2) is 27.3 Å². The van der Waals surface area contributed by atoms with E-state index in [1.807, 2.05) is 0 Å². The van der Waals surface area contributed by atoms with Gasteiger partial charge in [-0.3, -0.25) is 0 Å². The Kier molecular flexibility index (Phi) is 3.03. The molecule has 1 atom stereocenters. The fourth-order valence-electron chi connectivity index (χ4n) is 1.07. The van der Waals surface area contributed by atoms with Crippen LogP contribution < -0.4 is 5.73 Å². The number of pyridine rings is 1. The molecule has 1 unspecified atom stereocenters. The largest absolute Gasteiger partial charge is 0.479 e. The van der Waals surface area contributed by atoms with Gasteiger partial charge < -0.3 is 15.9 Å². The van der Waals surface area contributed by atoms with Gasteiger partial charge in [0.25, 0.3) is 0 Å². The normalized spacial score (nSPS) is 12.4. The molecule has 0 amide bonds. The summed E-state index contributed by atoms with van der Waals surface area (Å²) in [7, 11) is 0. The predicted molar refractivity (Wildman–Crippen MR) is 50.7 cm³/mol.